The molecule has 0 aromatic rings. The molecule has 164 valence electrons. The topological polar surface area (TPSA) is 87.7 Å². The van der Waals surface area contributed by atoms with Gasteiger partial charge in [0.1, 0.15) is 17.2 Å². The summed E-state index contributed by atoms with van der Waals surface area (Å²) in [6, 6.07) is -0.731. The van der Waals surface area contributed by atoms with E-state index >= 15 is 0 Å². The molecule has 0 radical (unpaired) electrons. The smallest absolute Gasteiger partial charge is 0.408 e. The molecule has 2 N–H and O–H groups in total. The number of rotatable bonds is 10. The third-order valence-electron chi connectivity index (χ3n) is 4.93. The summed E-state index contributed by atoms with van der Waals surface area (Å²) in [4.78, 5) is 40.1. The number of hydrogen-bond donors (Lipinski definition) is 2. The fraction of sp³-hybridized carbons (Fsp3) is 0.682. The minimum Gasteiger partial charge on any atom is -0.444 e. The van der Waals surface area contributed by atoms with E-state index in [0.29, 0.717) is 32.2 Å². The van der Waals surface area contributed by atoms with Gasteiger partial charge in [0.05, 0.1) is 0 Å². The lowest BCUT2D eigenvalue weighted by Crippen LogP contribution is -2.67. The van der Waals surface area contributed by atoms with E-state index in [1.807, 2.05) is 0 Å². The molecular weight excluding hydrogens is 370 g/mol. The summed E-state index contributed by atoms with van der Waals surface area (Å²) in [5, 5.41) is 5.65. The van der Waals surface area contributed by atoms with Gasteiger partial charge in [-0.1, -0.05) is 25.5 Å². The van der Waals surface area contributed by atoms with Gasteiger partial charge in [0, 0.05) is 13.1 Å². The predicted octanol–water partition coefficient (Wildman–Crippen LogP) is 3.31. The van der Waals surface area contributed by atoms with Crippen molar-refractivity contribution in [2.45, 2.75) is 83.4 Å². The van der Waals surface area contributed by atoms with Crippen LogP contribution in [0.5, 0.6) is 0 Å². The van der Waals surface area contributed by atoms with E-state index in [-0.39, 0.29) is 18.4 Å². The minimum absolute atomic E-state index is 0.154. The van der Waals surface area contributed by atoms with Crippen molar-refractivity contribution in [3.05, 3.63) is 25.3 Å². The highest BCUT2D eigenvalue weighted by atomic mass is 16.6. The van der Waals surface area contributed by atoms with Crippen molar-refractivity contribution in [2.24, 2.45) is 0 Å². The van der Waals surface area contributed by atoms with Crippen LogP contribution in [0.1, 0.15) is 66.2 Å². The highest BCUT2D eigenvalue weighted by Gasteiger charge is 2.50. The second kappa shape index (κ2) is 11.0. The fourth-order valence-corrected chi connectivity index (χ4v) is 3.51. The first-order chi connectivity index (χ1) is 13.6. The lowest BCUT2D eigenvalue weighted by molar-refractivity contribution is -0.154. The zero-order valence-electron chi connectivity index (χ0n) is 18.4. The van der Waals surface area contributed by atoms with Gasteiger partial charge in [-0.05, 0) is 52.9 Å². The minimum atomic E-state index is -0.973. The fourth-order valence-electron chi connectivity index (χ4n) is 3.51. The summed E-state index contributed by atoms with van der Waals surface area (Å²) < 4.78 is 5.28. The lowest BCUT2D eigenvalue weighted by Gasteiger charge is -2.47. The molecule has 0 aliphatic carbocycles. The monoisotopic (exact) mass is 407 g/mol. The number of piperidine rings is 1. The number of ether oxygens (including phenoxy) is 1. The Morgan fingerprint density at radius 1 is 1.31 bits per heavy atom. The molecule has 0 aromatic heterocycles. The molecule has 1 heterocycles. The number of alkyl carbamates (subject to hydrolysis) is 1. The predicted molar refractivity (Wildman–Crippen MR) is 114 cm³/mol. The van der Waals surface area contributed by atoms with Crippen LogP contribution >= 0.6 is 0 Å². The van der Waals surface area contributed by atoms with Crippen LogP contribution in [0.15, 0.2) is 25.3 Å². The molecular formula is C22H37N3O4. The van der Waals surface area contributed by atoms with Gasteiger partial charge < -0.3 is 20.3 Å². The molecule has 0 spiro atoms. The van der Waals surface area contributed by atoms with Crippen molar-refractivity contribution in [3.8, 4) is 0 Å². The van der Waals surface area contributed by atoms with Crippen molar-refractivity contribution in [3.63, 3.8) is 0 Å². The van der Waals surface area contributed by atoms with Gasteiger partial charge in [-0.2, -0.15) is 0 Å². The molecule has 1 fully saturated rings. The van der Waals surface area contributed by atoms with Crippen LogP contribution in [0.25, 0.3) is 0 Å². The molecule has 1 unspecified atom stereocenters. The molecule has 0 bridgehead atoms. The number of nitrogens with one attached hydrogen (secondary N) is 2. The summed E-state index contributed by atoms with van der Waals surface area (Å²) in [6.45, 7) is 15.7. The number of likely N-dealkylation sites (tertiary alicyclic amines) is 1. The molecule has 1 saturated heterocycles. The van der Waals surface area contributed by atoms with Crippen molar-refractivity contribution in [2.75, 3.05) is 13.1 Å². The summed E-state index contributed by atoms with van der Waals surface area (Å²) in [6.07, 6.45) is 6.46. The van der Waals surface area contributed by atoms with E-state index in [0.717, 1.165) is 12.8 Å². The number of hydrogen-bond acceptors (Lipinski definition) is 4. The number of unbranched alkanes of at least 4 members (excludes halogenated alkanes) is 1. The average Bonchev–Trinajstić information content (AvgIpc) is 2.63. The summed E-state index contributed by atoms with van der Waals surface area (Å²) in [7, 11) is 0. The lowest BCUT2D eigenvalue weighted by atomic mass is 9.79. The Morgan fingerprint density at radius 3 is 2.55 bits per heavy atom. The first-order valence-corrected chi connectivity index (χ1v) is 10.4. The number of carbonyl (C=O) groups excluding carboxylic acids is 3. The number of nitrogens with zero attached hydrogens (tertiary/aromatic N) is 1. The normalized spacial score (nSPS) is 22.0. The Bertz CT molecular complexity index is 612. The number of allylic oxidation sites excluding steroid dienone is 1. The van der Waals surface area contributed by atoms with E-state index in [9.17, 15) is 14.4 Å². The Morgan fingerprint density at radius 2 is 2.00 bits per heavy atom. The summed E-state index contributed by atoms with van der Waals surface area (Å²) >= 11 is 0. The van der Waals surface area contributed by atoms with Gasteiger partial charge >= 0.3 is 6.09 Å². The first-order valence-electron chi connectivity index (χ1n) is 10.4. The number of carbonyl (C=O) groups is 3. The zero-order valence-corrected chi connectivity index (χ0v) is 18.4. The van der Waals surface area contributed by atoms with Crippen molar-refractivity contribution in [1.82, 2.24) is 15.5 Å². The Kier molecular flexibility index (Phi) is 9.40. The molecule has 0 saturated carbocycles. The molecule has 0 aromatic carbocycles. The first kappa shape index (κ1) is 24.7. The van der Waals surface area contributed by atoms with Gasteiger partial charge in [-0.15, -0.1) is 13.2 Å². The standard InChI is InChI=1S/C22H37N3O4/c1-7-10-13-22(19(27)23-15-11-8-2)14-12-17(18(26)25(22)16-9-3)24-20(28)29-21(4,5)6/h7,9,17H,1,3,8,10-16H2,2,4-6H3,(H,23,27)(H,24,28)/t17-,22?/m0/s1. The maximum absolute atomic E-state index is 13.2. The van der Waals surface area contributed by atoms with Crippen LogP contribution < -0.4 is 10.6 Å². The zero-order chi connectivity index (χ0) is 22.1. The molecule has 7 nitrogen and oxygen atoms in total. The van der Waals surface area contributed by atoms with Gasteiger partial charge in [0.15, 0.2) is 0 Å². The molecule has 2 atom stereocenters. The van der Waals surface area contributed by atoms with E-state index in [1.54, 1.807) is 37.8 Å². The van der Waals surface area contributed by atoms with Crippen LogP contribution in [-0.4, -0.2) is 53.1 Å². The molecule has 1 aliphatic heterocycles. The van der Waals surface area contributed by atoms with Crippen LogP contribution in [-0.2, 0) is 14.3 Å². The third-order valence-corrected chi connectivity index (χ3v) is 4.93. The van der Waals surface area contributed by atoms with E-state index in [4.69, 9.17) is 4.74 Å². The Hall–Kier alpha value is -2.31. The molecule has 3 amide bonds. The highest BCUT2D eigenvalue weighted by molar-refractivity contribution is 5.95. The average molecular weight is 408 g/mol. The van der Waals surface area contributed by atoms with Crippen LogP contribution in [0, 0.1) is 0 Å². The van der Waals surface area contributed by atoms with Crippen LogP contribution in [0.4, 0.5) is 4.79 Å². The quantitative estimate of drug-likeness (QED) is 0.430. The van der Waals surface area contributed by atoms with E-state index < -0.39 is 23.3 Å². The Labute approximate surface area is 174 Å². The molecule has 29 heavy (non-hydrogen) atoms. The highest BCUT2D eigenvalue weighted by Crippen LogP contribution is 2.34. The maximum Gasteiger partial charge on any atom is 0.408 e. The van der Waals surface area contributed by atoms with E-state index in [1.165, 1.54) is 0 Å². The summed E-state index contributed by atoms with van der Waals surface area (Å²) in [5.74, 6) is -0.449. The largest absolute Gasteiger partial charge is 0.444 e. The van der Waals surface area contributed by atoms with Crippen molar-refractivity contribution >= 4 is 17.9 Å². The third kappa shape index (κ3) is 6.91. The van der Waals surface area contributed by atoms with Crippen molar-refractivity contribution in [1.29, 1.82) is 0 Å². The number of amides is 3. The van der Waals surface area contributed by atoms with Crippen LogP contribution in [0.2, 0.25) is 0 Å². The van der Waals surface area contributed by atoms with Gasteiger partial charge in [0.2, 0.25) is 11.8 Å². The second-order valence-electron chi connectivity index (χ2n) is 8.44. The SMILES string of the molecule is C=CCCC1(C(=O)NCCCC)CC[C@H](NC(=O)OC(C)(C)C)C(=O)N1CC=C. The van der Waals surface area contributed by atoms with E-state index in [2.05, 4.69) is 30.7 Å². The Balaban J connectivity index is 3.07. The van der Waals surface area contributed by atoms with Gasteiger partial charge in [-0.25, -0.2) is 4.79 Å². The summed E-state index contributed by atoms with van der Waals surface area (Å²) in [5.41, 5.74) is -1.63. The molecule has 1 aliphatic rings. The van der Waals surface area contributed by atoms with Gasteiger partial charge in [-0.3, -0.25) is 9.59 Å². The maximum atomic E-state index is 13.2. The van der Waals surface area contributed by atoms with Crippen LogP contribution in [0.3, 0.4) is 0 Å². The second-order valence-corrected chi connectivity index (χ2v) is 8.44. The molecule has 1 rings (SSSR count). The molecule has 7 heteroatoms. The van der Waals surface area contributed by atoms with Crippen molar-refractivity contribution < 1.29 is 19.1 Å². The van der Waals surface area contributed by atoms with Gasteiger partial charge in [0.25, 0.3) is 0 Å².